The fraction of sp³-hybridized carbons (Fsp3) is 1.00. The smallest absolute Gasteiger partial charge is 0.0658 e. The topological polar surface area (TPSA) is 86.7 Å². The van der Waals surface area contributed by atoms with Crippen LogP contribution in [0.1, 0.15) is 45.4 Å². The van der Waals surface area contributed by atoms with E-state index in [4.69, 9.17) is 0 Å². The number of rotatable bonds is 0. The Kier molecular flexibility index (Phi) is 2.72. The second kappa shape index (κ2) is 3.19. The predicted molar refractivity (Wildman–Crippen MR) is 56.4 cm³/mol. The van der Waals surface area contributed by atoms with Crippen LogP contribution in [0.5, 0.6) is 0 Å². The molecule has 4 fully saturated rings. The van der Waals surface area contributed by atoms with Gasteiger partial charge in [0.25, 0.3) is 0 Å². The van der Waals surface area contributed by atoms with Gasteiger partial charge in [0.05, 0.1) is 5.60 Å². The zero-order valence-corrected chi connectivity index (χ0v) is 9.05. The lowest BCUT2D eigenvalue weighted by Crippen LogP contribution is -2.54. The zero-order chi connectivity index (χ0) is 8.40. The van der Waals surface area contributed by atoms with Gasteiger partial charge in [0.1, 0.15) is 0 Å². The summed E-state index contributed by atoms with van der Waals surface area (Å²) in [7, 11) is 0. The van der Waals surface area contributed by atoms with Gasteiger partial charge in [-0.25, -0.2) is 0 Å². The van der Waals surface area contributed by atoms with Crippen molar-refractivity contribution in [1.29, 1.82) is 0 Å². The molecule has 4 rings (SSSR count). The molecule has 4 bridgehead atoms. The Bertz CT molecular complexity index is 195. The zero-order valence-electron chi connectivity index (χ0n) is 9.05. The molecule has 0 heterocycles. The molecule has 0 amide bonds. The van der Waals surface area contributed by atoms with Gasteiger partial charge in [-0.15, -0.1) is 0 Å². The number of hydrogen-bond acceptors (Lipinski definition) is 2. The molecule has 84 valence electrons. The van der Waals surface area contributed by atoms with E-state index in [2.05, 4.69) is 6.92 Å². The van der Waals surface area contributed by atoms with Gasteiger partial charge in [0, 0.05) is 0 Å². The minimum absolute atomic E-state index is 0. The molecule has 0 radical (unpaired) electrons. The third-order valence-electron chi connectivity index (χ3n) is 4.32. The molecule has 4 saturated carbocycles. The van der Waals surface area contributed by atoms with E-state index < -0.39 is 0 Å². The van der Waals surface area contributed by atoms with Crippen molar-refractivity contribution in [1.82, 2.24) is 6.15 Å². The fourth-order valence-corrected chi connectivity index (χ4v) is 4.67. The molecule has 14 heavy (non-hydrogen) atoms. The molecule has 0 aromatic heterocycles. The molecule has 6 N–H and O–H groups in total. The summed E-state index contributed by atoms with van der Waals surface area (Å²) < 4.78 is 0. The first-order valence-corrected chi connectivity index (χ1v) is 5.29. The summed E-state index contributed by atoms with van der Waals surface area (Å²) in [4.78, 5) is 0. The molecular formula is C11H23NO2. The van der Waals surface area contributed by atoms with Crippen LogP contribution in [0.15, 0.2) is 0 Å². The molecule has 4 aliphatic carbocycles. The van der Waals surface area contributed by atoms with Gasteiger partial charge in [0.2, 0.25) is 0 Å². The van der Waals surface area contributed by atoms with E-state index in [0.717, 1.165) is 31.1 Å². The van der Waals surface area contributed by atoms with Crippen LogP contribution in [0.4, 0.5) is 0 Å². The summed E-state index contributed by atoms with van der Waals surface area (Å²) >= 11 is 0. The van der Waals surface area contributed by atoms with Crippen LogP contribution in [0.25, 0.3) is 0 Å². The van der Waals surface area contributed by atoms with Crippen molar-refractivity contribution in [3.05, 3.63) is 0 Å². The van der Waals surface area contributed by atoms with E-state index in [0.29, 0.717) is 5.41 Å². The third kappa shape index (κ3) is 1.58. The van der Waals surface area contributed by atoms with Crippen LogP contribution in [0.3, 0.4) is 0 Å². The first-order chi connectivity index (χ1) is 5.57. The van der Waals surface area contributed by atoms with Crippen molar-refractivity contribution >= 4 is 0 Å². The Morgan fingerprint density at radius 3 is 1.93 bits per heavy atom. The average Bonchev–Trinajstić information content (AvgIpc) is 1.75. The summed E-state index contributed by atoms with van der Waals surface area (Å²) in [5.41, 5.74) is 0.275. The van der Waals surface area contributed by atoms with Crippen molar-refractivity contribution < 1.29 is 10.6 Å². The van der Waals surface area contributed by atoms with Gasteiger partial charge < -0.3 is 16.7 Å². The van der Waals surface area contributed by atoms with Crippen molar-refractivity contribution in [2.24, 2.45) is 17.3 Å². The lowest BCUT2D eigenvalue weighted by Gasteiger charge is -2.59. The first-order valence-electron chi connectivity index (χ1n) is 5.29. The molecule has 2 unspecified atom stereocenters. The molecule has 0 aliphatic heterocycles. The molecular weight excluding hydrogens is 178 g/mol. The maximum atomic E-state index is 10.3. The van der Waals surface area contributed by atoms with E-state index in [-0.39, 0.29) is 17.2 Å². The standard InChI is InChI=1S/C11H18O.H3N.H2O/c1-10-3-8-2-9(4-10)6-11(12,5-8)7-10;;/h8-9,12H,2-7H2,1H3;1H3;1H2. The van der Waals surface area contributed by atoms with Gasteiger partial charge in [0.15, 0.2) is 0 Å². The van der Waals surface area contributed by atoms with Gasteiger partial charge >= 0.3 is 0 Å². The first kappa shape index (κ1) is 12.0. The molecule has 0 saturated heterocycles. The largest absolute Gasteiger partial charge is 0.412 e. The minimum atomic E-state index is -0.237. The number of hydrogen-bond donors (Lipinski definition) is 2. The Morgan fingerprint density at radius 1 is 1.07 bits per heavy atom. The van der Waals surface area contributed by atoms with Crippen molar-refractivity contribution in [2.75, 3.05) is 0 Å². The van der Waals surface area contributed by atoms with Crippen LogP contribution in [0, 0.1) is 17.3 Å². The summed E-state index contributed by atoms with van der Waals surface area (Å²) in [6.07, 6.45) is 7.51. The average molecular weight is 201 g/mol. The van der Waals surface area contributed by atoms with Crippen molar-refractivity contribution in [2.45, 2.75) is 51.0 Å². The molecule has 4 aliphatic rings. The molecule has 0 spiro atoms. The Hall–Kier alpha value is -0.120. The Labute approximate surface area is 85.8 Å². The van der Waals surface area contributed by atoms with Crippen molar-refractivity contribution in [3.63, 3.8) is 0 Å². The van der Waals surface area contributed by atoms with Crippen LogP contribution in [-0.2, 0) is 0 Å². The summed E-state index contributed by atoms with van der Waals surface area (Å²) in [6.45, 7) is 2.38. The normalized spacial score (nSPS) is 53.6. The molecule has 3 heteroatoms. The molecule has 0 aromatic rings. The van der Waals surface area contributed by atoms with Gasteiger partial charge in [-0.3, -0.25) is 0 Å². The fourth-order valence-electron chi connectivity index (χ4n) is 4.67. The van der Waals surface area contributed by atoms with E-state index in [1.165, 1.54) is 19.3 Å². The molecule has 3 nitrogen and oxygen atoms in total. The van der Waals surface area contributed by atoms with Gasteiger partial charge in [-0.2, -0.15) is 0 Å². The molecule has 2 atom stereocenters. The van der Waals surface area contributed by atoms with Crippen LogP contribution in [0.2, 0.25) is 0 Å². The summed E-state index contributed by atoms with van der Waals surface area (Å²) in [5, 5.41) is 10.3. The predicted octanol–water partition coefficient (Wildman–Crippen LogP) is 1.67. The van der Waals surface area contributed by atoms with Gasteiger partial charge in [-0.1, -0.05) is 6.92 Å². The second-order valence-electron chi connectivity index (χ2n) is 6.00. The van der Waals surface area contributed by atoms with Crippen LogP contribution < -0.4 is 6.15 Å². The van der Waals surface area contributed by atoms with E-state index >= 15 is 0 Å². The van der Waals surface area contributed by atoms with E-state index in [9.17, 15) is 5.11 Å². The highest BCUT2D eigenvalue weighted by molar-refractivity contribution is 5.06. The van der Waals surface area contributed by atoms with Crippen molar-refractivity contribution in [3.8, 4) is 0 Å². The van der Waals surface area contributed by atoms with Gasteiger partial charge in [-0.05, 0) is 55.8 Å². The minimum Gasteiger partial charge on any atom is -0.412 e. The van der Waals surface area contributed by atoms with E-state index in [1.54, 1.807) is 0 Å². The third-order valence-corrected chi connectivity index (χ3v) is 4.32. The lowest BCUT2D eigenvalue weighted by molar-refractivity contribution is -0.157. The summed E-state index contributed by atoms with van der Waals surface area (Å²) in [5.74, 6) is 1.72. The second-order valence-corrected chi connectivity index (χ2v) is 6.00. The lowest BCUT2D eigenvalue weighted by atomic mass is 9.48. The Balaban J connectivity index is 0.000000490. The quantitative estimate of drug-likeness (QED) is 0.624. The highest BCUT2D eigenvalue weighted by Crippen LogP contribution is 2.61. The highest BCUT2D eigenvalue weighted by Gasteiger charge is 2.54. The number of aliphatic hydroxyl groups is 1. The Morgan fingerprint density at radius 2 is 1.57 bits per heavy atom. The summed E-state index contributed by atoms with van der Waals surface area (Å²) in [6, 6.07) is 0. The maximum Gasteiger partial charge on any atom is 0.0658 e. The molecule has 0 aromatic carbocycles. The maximum absolute atomic E-state index is 10.3. The van der Waals surface area contributed by atoms with E-state index in [1.807, 2.05) is 0 Å². The van der Waals surface area contributed by atoms with Crippen LogP contribution in [-0.4, -0.2) is 16.2 Å². The monoisotopic (exact) mass is 201 g/mol. The van der Waals surface area contributed by atoms with Crippen LogP contribution >= 0.6 is 0 Å². The highest BCUT2D eigenvalue weighted by atomic mass is 16.3. The SMILES string of the molecule is CC12CC3CC(C1)CC(O)(C3)C2.N.O.